The average molecular weight is 259 g/mol. The Kier molecular flexibility index (Phi) is 3.79. The van der Waals surface area contributed by atoms with E-state index in [-0.39, 0.29) is 0 Å². The molecule has 2 nitrogen and oxygen atoms in total. The Bertz CT molecular complexity index is 417. The van der Waals surface area contributed by atoms with Crippen LogP contribution in [0.2, 0.25) is 0 Å². The Balaban J connectivity index is 1.58. The number of hydrogen-bond acceptors (Lipinski definition) is 2. The number of hydrogen-bond donors (Lipinski definition) is 0. The zero-order valence-electron chi connectivity index (χ0n) is 12.1. The molecule has 0 aliphatic carbocycles. The van der Waals surface area contributed by atoms with Gasteiger partial charge in [0.2, 0.25) is 0 Å². The number of aryl methyl sites for hydroxylation is 1. The molecule has 2 saturated heterocycles. The molecule has 104 valence electrons. The second-order valence-corrected chi connectivity index (χ2v) is 6.24. The van der Waals surface area contributed by atoms with Crippen LogP contribution in [0.25, 0.3) is 0 Å². The molecule has 0 N–H and O–H groups in total. The molecular formula is C17H25NO. The standard InChI is InChI=1S/C17H25NO/c1-18-15-9-10-16(18)12-13(11-15)7-8-14-5-3-4-6-17(14)19-2/h3-6,13,15-16H,7-12H2,1-2H3. The highest BCUT2D eigenvalue weighted by Crippen LogP contribution is 2.39. The maximum atomic E-state index is 5.45. The van der Waals surface area contributed by atoms with Crippen LogP contribution in [0, 0.1) is 5.92 Å². The lowest BCUT2D eigenvalue weighted by atomic mass is 9.86. The minimum atomic E-state index is 0.862. The molecule has 2 unspecified atom stereocenters. The third-order valence-corrected chi connectivity index (χ3v) is 5.21. The highest BCUT2D eigenvalue weighted by molar-refractivity contribution is 5.33. The predicted octanol–water partition coefficient (Wildman–Crippen LogP) is 3.50. The van der Waals surface area contributed by atoms with E-state index in [0.717, 1.165) is 30.2 Å². The summed E-state index contributed by atoms with van der Waals surface area (Å²) in [4.78, 5) is 2.62. The van der Waals surface area contributed by atoms with Crippen LogP contribution in [-0.2, 0) is 6.42 Å². The molecule has 0 radical (unpaired) electrons. The van der Waals surface area contributed by atoms with Crippen LogP contribution in [0.4, 0.5) is 0 Å². The Morgan fingerprint density at radius 2 is 1.84 bits per heavy atom. The smallest absolute Gasteiger partial charge is 0.122 e. The fourth-order valence-electron chi connectivity index (χ4n) is 4.03. The number of benzene rings is 1. The molecule has 19 heavy (non-hydrogen) atoms. The largest absolute Gasteiger partial charge is 0.496 e. The van der Waals surface area contributed by atoms with Gasteiger partial charge in [0.05, 0.1) is 7.11 Å². The maximum absolute atomic E-state index is 5.45. The van der Waals surface area contributed by atoms with Gasteiger partial charge < -0.3 is 9.64 Å². The topological polar surface area (TPSA) is 12.5 Å². The van der Waals surface area contributed by atoms with Crippen molar-refractivity contribution in [2.45, 2.75) is 50.6 Å². The van der Waals surface area contributed by atoms with Gasteiger partial charge >= 0.3 is 0 Å². The molecule has 2 heterocycles. The first kappa shape index (κ1) is 13.0. The Labute approximate surface area is 116 Å². The van der Waals surface area contributed by atoms with Gasteiger partial charge in [-0.05, 0) is 63.1 Å². The molecule has 2 atom stereocenters. The molecule has 2 heteroatoms. The van der Waals surface area contributed by atoms with Crippen LogP contribution < -0.4 is 4.74 Å². The summed E-state index contributed by atoms with van der Waals surface area (Å²) in [6.07, 6.45) is 8.14. The van der Waals surface area contributed by atoms with Crippen molar-refractivity contribution in [3.63, 3.8) is 0 Å². The maximum Gasteiger partial charge on any atom is 0.122 e. The van der Waals surface area contributed by atoms with Crippen molar-refractivity contribution in [3.05, 3.63) is 29.8 Å². The van der Waals surface area contributed by atoms with E-state index in [9.17, 15) is 0 Å². The molecule has 1 aromatic carbocycles. The quantitative estimate of drug-likeness (QED) is 0.820. The summed E-state index contributed by atoms with van der Waals surface area (Å²) in [5, 5.41) is 0. The Morgan fingerprint density at radius 1 is 1.16 bits per heavy atom. The van der Waals surface area contributed by atoms with Gasteiger partial charge in [-0.1, -0.05) is 18.2 Å². The Morgan fingerprint density at radius 3 is 2.53 bits per heavy atom. The van der Waals surface area contributed by atoms with Gasteiger partial charge in [0.15, 0.2) is 0 Å². The van der Waals surface area contributed by atoms with Crippen molar-refractivity contribution in [3.8, 4) is 5.75 Å². The number of fused-ring (bicyclic) bond motifs is 2. The minimum Gasteiger partial charge on any atom is -0.496 e. The normalized spacial score (nSPS) is 30.5. The number of para-hydroxylation sites is 1. The summed E-state index contributed by atoms with van der Waals surface area (Å²) in [7, 11) is 4.09. The van der Waals surface area contributed by atoms with Crippen molar-refractivity contribution < 1.29 is 4.74 Å². The van der Waals surface area contributed by atoms with E-state index in [4.69, 9.17) is 4.74 Å². The van der Waals surface area contributed by atoms with Crippen molar-refractivity contribution in [1.82, 2.24) is 4.90 Å². The molecule has 2 bridgehead atoms. The second kappa shape index (κ2) is 5.54. The van der Waals surface area contributed by atoms with Crippen molar-refractivity contribution in [1.29, 1.82) is 0 Å². The van der Waals surface area contributed by atoms with Crippen molar-refractivity contribution in [2.24, 2.45) is 5.92 Å². The highest BCUT2D eigenvalue weighted by Gasteiger charge is 2.37. The van der Waals surface area contributed by atoms with Gasteiger partial charge in [-0.3, -0.25) is 0 Å². The van der Waals surface area contributed by atoms with E-state index in [2.05, 4.69) is 36.2 Å². The van der Waals surface area contributed by atoms with E-state index < -0.39 is 0 Å². The lowest BCUT2D eigenvalue weighted by Gasteiger charge is -2.36. The average Bonchev–Trinajstić information content (AvgIpc) is 2.67. The molecule has 0 amide bonds. The van der Waals surface area contributed by atoms with Crippen LogP contribution in [-0.4, -0.2) is 31.1 Å². The third-order valence-electron chi connectivity index (χ3n) is 5.21. The second-order valence-electron chi connectivity index (χ2n) is 6.24. The zero-order valence-corrected chi connectivity index (χ0v) is 12.1. The SMILES string of the molecule is COc1ccccc1CCC1CC2CCC(C1)N2C. The lowest BCUT2D eigenvalue weighted by Crippen LogP contribution is -2.39. The lowest BCUT2D eigenvalue weighted by molar-refractivity contribution is 0.129. The van der Waals surface area contributed by atoms with Crippen LogP contribution in [0.5, 0.6) is 5.75 Å². The molecule has 0 aromatic heterocycles. The molecule has 0 saturated carbocycles. The van der Waals surface area contributed by atoms with E-state index in [1.54, 1.807) is 7.11 Å². The monoisotopic (exact) mass is 259 g/mol. The number of ether oxygens (including phenoxy) is 1. The van der Waals surface area contributed by atoms with Crippen LogP contribution in [0.1, 0.15) is 37.7 Å². The van der Waals surface area contributed by atoms with Crippen LogP contribution in [0.15, 0.2) is 24.3 Å². The van der Waals surface area contributed by atoms with Gasteiger partial charge in [-0.15, -0.1) is 0 Å². The predicted molar refractivity (Wildman–Crippen MR) is 78.6 cm³/mol. The highest BCUT2D eigenvalue weighted by atomic mass is 16.5. The minimum absolute atomic E-state index is 0.862. The number of nitrogens with zero attached hydrogens (tertiary/aromatic N) is 1. The molecule has 2 fully saturated rings. The van der Waals surface area contributed by atoms with Gasteiger partial charge in [0.25, 0.3) is 0 Å². The summed E-state index contributed by atoms with van der Waals surface area (Å²) in [6, 6.07) is 10.2. The first-order valence-corrected chi connectivity index (χ1v) is 7.61. The first-order valence-electron chi connectivity index (χ1n) is 7.61. The summed E-state index contributed by atoms with van der Waals surface area (Å²) in [6.45, 7) is 0. The van der Waals surface area contributed by atoms with E-state index in [1.165, 1.54) is 37.7 Å². The number of piperidine rings is 1. The van der Waals surface area contributed by atoms with E-state index >= 15 is 0 Å². The number of rotatable bonds is 4. The van der Waals surface area contributed by atoms with Crippen LogP contribution >= 0.6 is 0 Å². The summed E-state index contributed by atoms with van der Waals surface area (Å²) < 4.78 is 5.45. The molecule has 3 rings (SSSR count). The fraction of sp³-hybridized carbons (Fsp3) is 0.647. The zero-order chi connectivity index (χ0) is 13.2. The summed E-state index contributed by atoms with van der Waals surface area (Å²) in [5.41, 5.74) is 1.37. The molecular weight excluding hydrogens is 234 g/mol. The van der Waals surface area contributed by atoms with Gasteiger partial charge in [-0.2, -0.15) is 0 Å². The van der Waals surface area contributed by atoms with Crippen molar-refractivity contribution in [2.75, 3.05) is 14.2 Å². The van der Waals surface area contributed by atoms with Crippen LogP contribution in [0.3, 0.4) is 0 Å². The molecule has 1 aromatic rings. The number of methoxy groups -OCH3 is 1. The molecule has 2 aliphatic rings. The van der Waals surface area contributed by atoms with E-state index in [1.807, 2.05) is 0 Å². The first-order chi connectivity index (χ1) is 9.28. The van der Waals surface area contributed by atoms with Gasteiger partial charge in [0.1, 0.15) is 5.75 Å². The summed E-state index contributed by atoms with van der Waals surface area (Å²) in [5.74, 6) is 1.97. The van der Waals surface area contributed by atoms with Crippen molar-refractivity contribution >= 4 is 0 Å². The van der Waals surface area contributed by atoms with Gasteiger partial charge in [0, 0.05) is 12.1 Å². The van der Waals surface area contributed by atoms with E-state index in [0.29, 0.717) is 0 Å². The summed E-state index contributed by atoms with van der Waals surface area (Å²) >= 11 is 0. The Hall–Kier alpha value is -1.02. The fourth-order valence-corrected chi connectivity index (χ4v) is 4.03. The third kappa shape index (κ3) is 2.64. The molecule has 0 spiro atoms. The van der Waals surface area contributed by atoms with Gasteiger partial charge in [-0.25, -0.2) is 0 Å². The molecule has 2 aliphatic heterocycles.